The van der Waals surface area contributed by atoms with Crippen molar-refractivity contribution in [2.45, 2.75) is 64.0 Å². The van der Waals surface area contributed by atoms with Crippen molar-refractivity contribution in [2.75, 3.05) is 0 Å². The average molecular weight is 288 g/mol. The SMILES string of the molecule is CC(NC1CCCCCCC1)c1cnc2ccsc2c1. The van der Waals surface area contributed by atoms with Crippen LogP contribution in [0.5, 0.6) is 0 Å². The number of hydrogen-bond donors (Lipinski definition) is 1. The maximum atomic E-state index is 4.56. The Morgan fingerprint density at radius 1 is 1.20 bits per heavy atom. The molecule has 0 saturated heterocycles. The molecule has 1 atom stereocenters. The van der Waals surface area contributed by atoms with Crippen LogP contribution in [0.4, 0.5) is 0 Å². The lowest BCUT2D eigenvalue weighted by Crippen LogP contribution is -2.32. The molecule has 0 aromatic carbocycles. The quantitative estimate of drug-likeness (QED) is 0.854. The molecule has 2 nitrogen and oxygen atoms in total. The summed E-state index contributed by atoms with van der Waals surface area (Å²) < 4.78 is 1.30. The highest BCUT2D eigenvalue weighted by atomic mass is 32.1. The van der Waals surface area contributed by atoms with Crippen LogP contribution in [0, 0.1) is 0 Å². The van der Waals surface area contributed by atoms with Crippen LogP contribution >= 0.6 is 11.3 Å². The normalized spacial score (nSPS) is 19.6. The van der Waals surface area contributed by atoms with Gasteiger partial charge in [0.25, 0.3) is 0 Å². The molecule has 108 valence electrons. The third-order valence-corrected chi connectivity index (χ3v) is 5.27. The standard InChI is InChI=1S/C17H24N2S/c1-13(19-15-7-5-3-2-4-6-8-15)14-11-17-16(18-12-14)9-10-20-17/h9-13,15,19H,2-8H2,1H3. The minimum Gasteiger partial charge on any atom is -0.307 e. The molecule has 0 bridgehead atoms. The lowest BCUT2D eigenvalue weighted by atomic mass is 9.95. The summed E-state index contributed by atoms with van der Waals surface area (Å²) >= 11 is 1.78. The third kappa shape index (κ3) is 3.39. The summed E-state index contributed by atoms with van der Waals surface area (Å²) in [6.07, 6.45) is 11.7. The number of nitrogens with one attached hydrogen (secondary N) is 1. The predicted molar refractivity (Wildman–Crippen MR) is 87.3 cm³/mol. The zero-order valence-electron chi connectivity index (χ0n) is 12.3. The van der Waals surface area contributed by atoms with Crippen LogP contribution in [0.15, 0.2) is 23.7 Å². The number of aromatic nitrogens is 1. The Kier molecular flexibility index (Phi) is 4.69. The first kappa shape index (κ1) is 14.0. The molecule has 2 aromatic heterocycles. The van der Waals surface area contributed by atoms with Gasteiger partial charge in [-0.2, -0.15) is 0 Å². The Labute approximate surface area is 125 Å². The molecule has 0 radical (unpaired) electrons. The zero-order chi connectivity index (χ0) is 13.8. The maximum Gasteiger partial charge on any atom is 0.0809 e. The molecular formula is C17H24N2S. The van der Waals surface area contributed by atoms with Crippen LogP contribution in [-0.2, 0) is 0 Å². The van der Waals surface area contributed by atoms with Gasteiger partial charge in [-0.3, -0.25) is 4.98 Å². The van der Waals surface area contributed by atoms with Gasteiger partial charge in [0.05, 0.1) is 10.2 Å². The highest BCUT2D eigenvalue weighted by molar-refractivity contribution is 7.17. The predicted octanol–water partition coefficient (Wildman–Crippen LogP) is 5.06. The molecular weight excluding hydrogens is 264 g/mol. The Hall–Kier alpha value is -0.930. The summed E-state index contributed by atoms with van der Waals surface area (Å²) in [6.45, 7) is 2.27. The van der Waals surface area contributed by atoms with Crippen LogP contribution in [0.2, 0.25) is 0 Å². The molecule has 0 aliphatic heterocycles. The van der Waals surface area contributed by atoms with Gasteiger partial charge in [0.15, 0.2) is 0 Å². The fourth-order valence-electron chi connectivity index (χ4n) is 3.17. The van der Waals surface area contributed by atoms with Crippen molar-refractivity contribution in [2.24, 2.45) is 0 Å². The van der Waals surface area contributed by atoms with Crippen molar-refractivity contribution < 1.29 is 0 Å². The van der Waals surface area contributed by atoms with Gasteiger partial charge in [-0.1, -0.05) is 32.1 Å². The molecule has 1 N–H and O–H groups in total. The van der Waals surface area contributed by atoms with E-state index in [1.165, 1.54) is 55.2 Å². The summed E-state index contributed by atoms with van der Waals surface area (Å²) in [5.41, 5.74) is 2.44. The number of pyridine rings is 1. The van der Waals surface area contributed by atoms with E-state index >= 15 is 0 Å². The largest absolute Gasteiger partial charge is 0.307 e. The van der Waals surface area contributed by atoms with E-state index in [4.69, 9.17) is 0 Å². The minimum atomic E-state index is 0.401. The lowest BCUT2D eigenvalue weighted by Gasteiger charge is -2.25. The van der Waals surface area contributed by atoms with Crippen molar-refractivity contribution in [1.29, 1.82) is 0 Å². The first-order valence-electron chi connectivity index (χ1n) is 7.92. The molecule has 20 heavy (non-hydrogen) atoms. The van der Waals surface area contributed by atoms with Gasteiger partial charge in [-0.25, -0.2) is 0 Å². The number of fused-ring (bicyclic) bond motifs is 1. The summed E-state index contributed by atoms with van der Waals surface area (Å²) in [7, 11) is 0. The third-order valence-electron chi connectivity index (χ3n) is 4.41. The summed E-state index contributed by atoms with van der Waals surface area (Å²) in [5, 5.41) is 5.94. The van der Waals surface area contributed by atoms with Gasteiger partial charge in [0, 0.05) is 18.3 Å². The second kappa shape index (κ2) is 6.68. The van der Waals surface area contributed by atoms with Gasteiger partial charge in [-0.05, 0) is 42.8 Å². The highest BCUT2D eigenvalue weighted by Crippen LogP contribution is 2.24. The van der Waals surface area contributed by atoms with Crippen LogP contribution in [0.25, 0.3) is 10.2 Å². The maximum absolute atomic E-state index is 4.56. The highest BCUT2D eigenvalue weighted by Gasteiger charge is 2.15. The first-order valence-corrected chi connectivity index (χ1v) is 8.80. The van der Waals surface area contributed by atoms with Crippen LogP contribution in [0.3, 0.4) is 0 Å². The Morgan fingerprint density at radius 2 is 1.95 bits per heavy atom. The number of hydrogen-bond acceptors (Lipinski definition) is 3. The van der Waals surface area contributed by atoms with E-state index in [0.29, 0.717) is 12.1 Å². The fraction of sp³-hybridized carbons (Fsp3) is 0.588. The Morgan fingerprint density at radius 3 is 2.75 bits per heavy atom. The van der Waals surface area contributed by atoms with Gasteiger partial charge >= 0.3 is 0 Å². The molecule has 2 aromatic rings. The second-order valence-electron chi connectivity index (χ2n) is 6.00. The number of nitrogens with zero attached hydrogens (tertiary/aromatic N) is 1. The molecule has 0 amide bonds. The molecule has 1 aliphatic carbocycles. The second-order valence-corrected chi connectivity index (χ2v) is 6.95. The summed E-state index contributed by atoms with van der Waals surface area (Å²) in [4.78, 5) is 4.56. The van der Waals surface area contributed by atoms with E-state index in [-0.39, 0.29) is 0 Å². The molecule has 1 unspecified atom stereocenters. The van der Waals surface area contributed by atoms with Crippen LogP contribution < -0.4 is 5.32 Å². The van der Waals surface area contributed by atoms with Crippen LogP contribution in [0.1, 0.15) is 63.5 Å². The van der Waals surface area contributed by atoms with E-state index < -0.39 is 0 Å². The van der Waals surface area contributed by atoms with Crippen molar-refractivity contribution in [3.8, 4) is 0 Å². The lowest BCUT2D eigenvalue weighted by molar-refractivity contribution is 0.362. The molecule has 3 rings (SSSR count). The summed E-state index contributed by atoms with van der Waals surface area (Å²) in [6, 6.07) is 5.48. The number of rotatable bonds is 3. The Bertz CT molecular complexity index is 541. The molecule has 1 saturated carbocycles. The molecule has 0 spiro atoms. The monoisotopic (exact) mass is 288 g/mol. The van der Waals surface area contributed by atoms with E-state index in [1.807, 2.05) is 6.20 Å². The van der Waals surface area contributed by atoms with E-state index in [9.17, 15) is 0 Å². The van der Waals surface area contributed by atoms with E-state index in [0.717, 1.165) is 5.52 Å². The fourth-order valence-corrected chi connectivity index (χ4v) is 3.96. The minimum absolute atomic E-state index is 0.401. The van der Waals surface area contributed by atoms with Crippen LogP contribution in [-0.4, -0.2) is 11.0 Å². The van der Waals surface area contributed by atoms with Crippen molar-refractivity contribution in [3.63, 3.8) is 0 Å². The Balaban J connectivity index is 1.66. The van der Waals surface area contributed by atoms with Gasteiger partial charge in [-0.15, -0.1) is 11.3 Å². The molecule has 1 fully saturated rings. The van der Waals surface area contributed by atoms with Gasteiger partial charge in [0.2, 0.25) is 0 Å². The topological polar surface area (TPSA) is 24.9 Å². The molecule has 2 heterocycles. The van der Waals surface area contributed by atoms with E-state index in [1.54, 1.807) is 11.3 Å². The first-order chi connectivity index (χ1) is 9.83. The zero-order valence-corrected chi connectivity index (χ0v) is 13.1. The molecule has 1 aliphatic rings. The smallest absolute Gasteiger partial charge is 0.0809 e. The van der Waals surface area contributed by atoms with Crippen molar-refractivity contribution in [1.82, 2.24) is 10.3 Å². The van der Waals surface area contributed by atoms with Gasteiger partial charge in [0.1, 0.15) is 0 Å². The van der Waals surface area contributed by atoms with Crippen molar-refractivity contribution in [3.05, 3.63) is 29.3 Å². The number of thiophene rings is 1. The average Bonchev–Trinajstić information content (AvgIpc) is 2.88. The van der Waals surface area contributed by atoms with Gasteiger partial charge < -0.3 is 5.32 Å². The van der Waals surface area contributed by atoms with Crippen molar-refractivity contribution >= 4 is 21.6 Å². The summed E-state index contributed by atoms with van der Waals surface area (Å²) in [5.74, 6) is 0. The van der Waals surface area contributed by atoms with E-state index in [2.05, 4.69) is 34.7 Å². The molecule has 3 heteroatoms.